The molecular formula is C9H5F2N3. The zero-order valence-electron chi connectivity index (χ0n) is 6.96. The molecule has 2 rings (SSSR count). The zero-order chi connectivity index (χ0) is 10.1. The van der Waals surface area contributed by atoms with Gasteiger partial charge in [0, 0.05) is 5.39 Å². The summed E-state index contributed by atoms with van der Waals surface area (Å²) >= 11 is 0. The monoisotopic (exact) mass is 193 g/mol. The number of benzene rings is 1. The van der Waals surface area contributed by atoms with Gasteiger partial charge in [-0.15, -0.1) is 0 Å². The first-order chi connectivity index (χ1) is 6.74. The smallest absolute Gasteiger partial charge is 0.275 e. The van der Waals surface area contributed by atoms with Crippen LogP contribution in [0.2, 0.25) is 0 Å². The van der Waals surface area contributed by atoms with Crippen LogP contribution in [0.4, 0.5) is 8.78 Å². The Labute approximate surface area is 78.0 Å². The van der Waals surface area contributed by atoms with Crippen LogP contribution in [0.5, 0.6) is 0 Å². The lowest BCUT2D eigenvalue weighted by Crippen LogP contribution is -1.86. The molecule has 70 valence electrons. The van der Waals surface area contributed by atoms with E-state index in [2.05, 4.69) is 10.2 Å². The van der Waals surface area contributed by atoms with Crippen LogP contribution >= 0.6 is 0 Å². The van der Waals surface area contributed by atoms with Crippen LogP contribution in [-0.2, 0) is 0 Å². The molecule has 0 aliphatic rings. The largest absolute Gasteiger partial charge is 0.280 e. The fraction of sp³-hybridized carbons (Fsp3) is 0.111. The summed E-state index contributed by atoms with van der Waals surface area (Å²) in [5, 5.41) is 14.9. The Balaban J connectivity index is 2.83. The minimum Gasteiger partial charge on any atom is -0.275 e. The van der Waals surface area contributed by atoms with Gasteiger partial charge in [-0.3, -0.25) is 5.10 Å². The van der Waals surface area contributed by atoms with Gasteiger partial charge in [0.25, 0.3) is 6.43 Å². The quantitative estimate of drug-likeness (QED) is 0.755. The number of hydrogen-bond donors (Lipinski definition) is 1. The SMILES string of the molecule is N#Cc1cccc2n[nH]c(C(F)F)c12. The zero-order valence-corrected chi connectivity index (χ0v) is 6.96. The number of aromatic amines is 1. The second-order valence-corrected chi connectivity index (χ2v) is 2.75. The van der Waals surface area contributed by atoms with Gasteiger partial charge in [0.15, 0.2) is 0 Å². The summed E-state index contributed by atoms with van der Waals surface area (Å²) in [6.45, 7) is 0. The molecule has 1 aromatic carbocycles. The van der Waals surface area contributed by atoms with Crippen LogP contribution < -0.4 is 0 Å². The summed E-state index contributed by atoms with van der Waals surface area (Å²) in [6, 6.07) is 6.54. The molecule has 1 N–H and O–H groups in total. The van der Waals surface area contributed by atoms with E-state index < -0.39 is 6.43 Å². The number of nitriles is 1. The molecule has 0 spiro atoms. The first-order valence-corrected chi connectivity index (χ1v) is 3.89. The molecule has 1 heterocycles. The van der Waals surface area contributed by atoms with E-state index in [-0.39, 0.29) is 16.6 Å². The number of alkyl halides is 2. The molecule has 0 fully saturated rings. The summed E-state index contributed by atoms with van der Waals surface area (Å²) in [5.41, 5.74) is 0.308. The second-order valence-electron chi connectivity index (χ2n) is 2.75. The highest BCUT2D eigenvalue weighted by atomic mass is 19.3. The van der Waals surface area contributed by atoms with E-state index in [9.17, 15) is 8.78 Å². The number of H-pyrrole nitrogens is 1. The first-order valence-electron chi connectivity index (χ1n) is 3.89. The number of aromatic nitrogens is 2. The van der Waals surface area contributed by atoms with Crippen LogP contribution in [0.3, 0.4) is 0 Å². The Morgan fingerprint density at radius 3 is 2.86 bits per heavy atom. The van der Waals surface area contributed by atoms with Crippen molar-refractivity contribution in [3.8, 4) is 6.07 Å². The van der Waals surface area contributed by atoms with Gasteiger partial charge in [0.2, 0.25) is 0 Å². The van der Waals surface area contributed by atoms with Gasteiger partial charge in [-0.25, -0.2) is 8.78 Å². The number of rotatable bonds is 1. The molecule has 14 heavy (non-hydrogen) atoms. The van der Waals surface area contributed by atoms with Crippen LogP contribution in [0, 0.1) is 11.3 Å². The summed E-state index contributed by atoms with van der Waals surface area (Å²) in [6.07, 6.45) is -2.64. The highest BCUT2D eigenvalue weighted by Crippen LogP contribution is 2.27. The normalized spacial score (nSPS) is 10.7. The number of nitrogens with zero attached hydrogens (tertiary/aromatic N) is 2. The molecule has 0 atom stereocenters. The van der Waals surface area contributed by atoms with Crippen LogP contribution in [0.15, 0.2) is 18.2 Å². The number of nitrogens with one attached hydrogen (secondary N) is 1. The predicted molar refractivity (Wildman–Crippen MR) is 45.8 cm³/mol. The Bertz CT molecular complexity index is 510. The van der Waals surface area contributed by atoms with E-state index >= 15 is 0 Å². The highest BCUT2D eigenvalue weighted by molar-refractivity contribution is 5.87. The third kappa shape index (κ3) is 1.12. The van der Waals surface area contributed by atoms with E-state index in [1.807, 2.05) is 6.07 Å². The Hall–Kier alpha value is -1.96. The van der Waals surface area contributed by atoms with Crippen molar-refractivity contribution >= 4 is 10.9 Å². The van der Waals surface area contributed by atoms with Gasteiger partial charge in [-0.1, -0.05) is 6.07 Å². The molecule has 1 aromatic heterocycles. The van der Waals surface area contributed by atoms with Gasteiger partial charge in [-0.05, 0) is 12.1 Å². The highest BCUT2D eigenvalue weighted by Gasteiger charge is 2.17. The van der Waals surface area contributed by atoms with E-state index in [1.54, 1.807) is 12.1 Å². The van der Waals surface area contributed by atoms with E-state index in [0.29, 0.717) is 5.52 Å². The summed E-state index contributed by atoms with van der Waals surface area (Å²) in [5.74, 6) is 0. The molecule has 0 aliphatic heterocycles. The molecule has 0 radical (unpaired) electrons. The van der Waals surface area contributed by atoms with Crippen LogP contribution in [-0.4, -0.2) is 10.2 Å². The van der Waals surface area contributed by atoms with Crippen molar-refractivity contribution < 1.29 is 8.78 Å². The standard InChI is InChI=1S/C9H5F2N3/c10-9(11)8-7-5(4-12)2-1-3-6(7)13-14-8/h1-3,9H,(H,13,14). The molecule has 0 aliphatic carbocycles. The fourth-order valence-electron chi connectivity index (χ4n) is 1.34. The summed E-state index contributed by atoms with van der Waals surface area (Å²) < 4.78 is 24.9. The minimum absolute atomic E-state index is 0.213. The molecule has 5 heteroatoms. The third-order valence-corrected chi connectivity index (χ3v) is 1.95. The van der Waals surface area contributed by atoms with Crippen molar-refractivity contribution in [1.82, 2.24) is 10.2 Å². The Kier molecular flexibility index (Phi) is 1.89. The fourth-order valence-corrected chi connectivity index (χ4v) is 1.34. The van der Waals surface area contributed by atoms with E-state index in [1.165, 1.54) is 6.07 Å². The predicted octanol–water partition coefficient (Wildman–Crippen LogP) is 2.37. The van der Waals surface area contributed by atoms with Crippen molar-refractivity contribution in [3.05, 3.63) is 29.5 Å². The molecule has 0 unspecified atom stereocenters. The molecule has 3 nitrogen and oxygen atoms in total. The maximum Gasteiger partial charge on any atom is 0.280 e. The molecule has 0 bridgehead atoms. The van der Waals surface area contributed by atoms with Crippen molar-refractivity contribution in [2.75, 3.05) is 0 Å². The van der Waals surface area contributed by atoms with E-state index in [0.717, 1.165) is 0 Å². The van der Waals surface area contributed by atoms with Gasteiger partial charge in [-0.2, -0.15) is 10.4 Å². The lowest BCUT2D eigenvalue weighted by Gasteiger charge is -1.96. The average molecular weight is 193 g/mol. The van der Waals surface area contributed by atoms with Crippen LogP contribution in [0.25, 0.3) is 10.9 Å². The van der Waals surface area contributed by atoms with Crippen molar-refractivity contribution in [3.63, 3.8) is 0 Å². The maximum absolute atomic E-state index is 12.5. The van der Waals surface area contributed by atoms with Crippen LogP contribution in [0.1, 0.15) is 17.7 Å². The van der Waals surface area contributed by atoms with Gasteiger partial charge in [0.1, 0.15) is 5.69 Å². The van der Waals surface area contributed by atoms with Gasteiger partial charge in [0.05, 0.1) is 17.1 Å². The Morgan fingerprint density at radius 2 is 2.21 bits per heavy atom. The number of hydrogen-bond acceptors (Lipinski definition) is 2. The molecule has 0 saturated carbocycles. The van der Waals surface area contributed by atoms with E-state index in [4.69, 9.17) is 5.26 Å². The molecule has 0 amide bonds. The summed E-state index contributed by atoms with van der Waals surface area (Å²) in [7, 11) is 0. The summed E-state index contributed by atoms with van der Waals surface area (Å²) in [4.78, 5) is 0. The van der Waals surface area contributed by atoms with Gasteiger partial charge >= 0.3 is 0 Å². The maximum atomic E-state index is 12.5. The molecule has 2 aromatic rings. The number of fused-ring (bicyclic) bond motifs is 1. The second kappa shape index (κ2) is 3.07. The topological polar surface area (TPSA) is 52.5 Å². The first kappa shape index (κ1) is 8.63. The number of halogens is 2. The lowest BCUT2D eigenvalue weighted by atomic mass is 10.1. The molecule has 0 saturated heterocycles. The van der Waals surface area contributed by atoms with Crippen molar-refractivity contribution in [2.45, 2.75) is 6.43 Å². The third-order valence-electron chi connectivity index (χ3n) is 1.95. The van der Waals surface area contributed by atoms with Gasteiger partial charge < -0.3 is 0 Å². The molecular weight excluding hydrogens is 188 g/mol. The minimum atomic E-state index is -2.64. The van der Waals surface area contributed by atoms with Crippen molar-refractivity contribution in [2.24, 2.45) is 0 Å². The van der Waals surface area contributed by atoms with Crippen molar-refractivity contribution in [1.29, 1.82) is 5.26 Å². The Morgan fingerprint density at radius 1 is 1.43 bits per heavy atom. The average Bonchev–Trinajstić information content (AvgIpc) is 2.60. The lowest BCUT2D eigenvalue weighted by molar-refractivity contribution is 0.147.